The zero-order valence-corrected chi connectivity index (χ0v) is 14.3. The van der Waals surface area contributed by atoms with Crippen molar-refractivity contribution < 1.29 is 9.59 Å². The Labute approximate surface area is 139 Å². The largest absolute Gasteiger partial charge is 0.356 e. The van der Waals surface area contributed by atoms with E-state index < -0.39 is 0 Å². The zero-order chi connectivity index (χ0) is 16.7. The molecule has 1 aliphatic rings. The van der Waals surface area contributed by atoms with Gasteiger partial charge in [0.05, 0.1) is 6.42 Å². The average molecular weight is 316 g/mol. The van der Waals surface area contributed by atoms with E-state index in [0.29, 0.717) is 25.3 Å². The third-order valence-electron chi connectivity index (χ3n) is 4.41. The number of piperidine rings is 1. The van der Waals surface area contributed by atoms with Crippen molar-refractivity contribution >= 4 is 11.8 Å². The van der Waals surface area contributed by atoms with E-state index in [9.17, 15) is 9.59 Å². The van der Waals surface area contributed by atoms with Crippen molar-refractivity contribution in [2.45, 2.75) is 46.0 Å². The number of rotatable bonds is 6. The van der Waals surface area contributed by atoms with Gasteiger partial charge in [0.1, 0.15) is 0 Å². The van der Waals surface area contributed by atoms with E-state index >= 15 is 0 Å². The summed E-state index contributed by atoms with van der Waals surface area (Å²) in [5, 5.41) is 2.99. The van der Waals surface area contributed by atoms with Crippen LogP contribution in [0.2, 0.25) is 0 Å². The van der Waals surface area contributed by atoms with Crippen molar-refractivity contribution in [3.63, 3.8) is 0 Å². The topological polar surface area (TPSA) is 49.4 Å². The number of hydrogen-bond acceptors (Lipinski definition) is 2. The van der Waals surface area contributed by atoms with Gasteiger partial charge in [0.25, 0.3) is 0 Å². The van der Waals surface area contributed by atoms with Crippen molar-refractivity contribution in [2.75, 3.05) is 19.6 Å². The van der Waals surface area contributed by atoms with Crippen LogP contribution in [0.1, 0.15) is 43.7 Å². The lowest BCUT2D eigenvalue weighted by atomic mass is 9.97. The summed E-state index contributed by atoms with van der Waals surface area (Å²) in [6.07, 6.45) is 4.03. The van der Waals surface area contributed by atoms with Crippen LogP contribution in [0.5, 0.6) is 0 Å². The van der Waals surface area contributed by atoms with E-state index in [4.69, 9.17) is 0 Å². The van der Waals surface area contributed by atoms with Gasteiger partial charge in [-0.1, -0.05) is 36.8 Å². The van der Waals surface area contributed by atoms with E-state index in [2.05, 4.69) is 5.32 Å². The van der Waals surface area contributed by atoms with Crippen LogP contribution in [0.25, 0.3) is 0 Å². The molecule has 126 valence electrons. The summed E-state index contributed by atoms with van der Waals surface area (Å²) >= 11 is 0. The lowest BCUT2D eigenvalue weighted by Gasteiger charge is -2.33. The fraction of sp³-hybridized carbons (Fsp3) is 0.579. The standard InChI is InChI=1S/C19H28N2O2/c1-3-5-18(22)20-13-17-6-4-11-21(14-17)19(23)12-16-9-7-15(2)8-10-16/h7-10,17H,3-6,11-14H2,1-2H3,(H,20,22)/t17-/m1/s1. The lowest BCUT2D eigenvalue weighted by Crippen LogP contribution is -2.44. The third-order valence-corrected chi connectivity index (χ3v) is 4.41. The van der Waals surface area contributed by atoms with E-state index in [-0.39, 0.29) is 11.8 Å². The Morgan fingerprint density at radius 3 is 2.70 bits per heavy atom. The van der Waals surface area contributed by atoms with Gasteiger partial charge in [-0.15, -0.1) is 0 Å². The minimum atomic E-state index is 0.121. The summed E-state index contributed by atoms with van der Waals surface area (Å²) < 4.78 is 0. The molecule has 2 rings (SSSR count). The van der Waals surface area contributed by atoms with Crippen LogP contribution in [-0.4, -0.2) is 36.3 Å². The fourth-order valence-electron chi connectivity index (χ4n) is 3.02. The molecule has 0 aromatic heterocycles. The molecule has 1 aromatic rings. The van der Waals surface area contributed by atoms with Crippen molar-refractivity contribution in [3.8, 4) is 0 Å². The summed E-state index contributed by atoms with van der Waals surface area (Å²) in [5.74, 6) is 0.695. The van der Waals surface area contributed by atoms with E-state index in [0.717, 1.165) is 37.9 Å². The molecule has 1 aliphatic heterocycles. The van der Waals surface area contributed by atoms with Crippen molar-refractivity contribution in [2.24, 2.45) is 5.92 Å². The van der Waals surface area contributed by atoms with Gasteiger partial charge in [-0.25, -0.2) is 0 Å². The van der Waals surface area contributed by atoms with E-state index in [1.54, 1.807) is 0 Å². The molecule has 4 heteroatoms. The van der Waals surface area contributed by atoms with Gasteiger partial charge < -0.3 is 10.2 Å². The molecule has 1 heterocycles. The first-order valence-electron chi connectivity index (χ1n) is 8.68. The average Bonchev–Trinajstić information content (AvgIpc) is 2.55. The molecule has 1 N–H and O–H groups in total. The number of benzene rings is 1. The number of likely N-dealkylation sites (tertiary alicyclic amines) is 1. The molecule has 0 bridgehead atoms. The second-order valence-corrected chi connectivity index (χ2v) is 6.56. The highest BCUT2D eigenvalue weighted by atomic mass is 16.2. The van der Waals surface area contributed by atoms with Crippen LogP contribution in [-0.2, 0) is 16.0 Å². The minimum Gasteiger partial charge on any atom is -0.356 e. The molecular formula is C19H28N2O2. The molecule has 0 unspecified atom stereocenters. The van der Waals surface area contributed by atoms with Gasteiger partial charge in [-0.2, -0.15) is 0 Å². The Morgan fingerprint density at radius 2 is 2.00 bits per heavy atom. The van der Waals surface area contributed by atoms with Gasteiger partial charge >= 0.3 is 0 Å². The normalized spacial score (nSPS) is 17.8. The lowest BCUT2D eigenvalue weighted by molar-refractivity contribution is -0.132. The molecular weight excluding hydrogens is 288 g/mol. The van der Waals surface area contributed by atoms with Crippen LogP contribution < -0.4 is 5.32 Å². The molecule has 1 atom stereocenters. The highest BCUT2D eigenvalue weighted by molar-refractivity contribution is 5.79. The summed E-state index contributed by atoms with van der Waals surface area (Å²) in [5.41, 5.74) is 2.28. The van der Waals surface area contributed by atoms with Crippen molar-refractivity contribution in [1.82, 2.24) is 10.2 Å². The van der Waals surface area contributed by atoms with Crippen LogP contribution in [0.3, 0.4) is 0 Å². The van der Waals surface area contributed by atoms with Gasteiger partial charge in [0.15, 0.2) is 0 Å². The van der Waals surface area contributed by atoms with Gasteiger partial charge in [-0.05, 0) is 37.7 Å². The Balaban J connectivity index is 1.81. The Bertz CT molecular complexity index is 525. The number of amides is 2. The van der Waals surface area contributed by atoms with Crippen LogP contribution in [0.4, 0.5) is 0 Å². The summed E-state index contributed by atoms with van der Waals surface area (Å²) in [6.45, 7) is 6.34. The first kappa shape index (κ1) is 17.5. The van der Waals surface area contributed by atoms with Crippen LogP contribution in [0.15, 0.2) is 24.3 Å². The molecule has 1 aromatic carbocycles. The number of aryl methyl sites for hydroxylation is 1. The fourth-order valence-corrected chi connectivity index (χ4v) is 3.02. The van der Waals surface area contributed by atoms with Crippen molar-refractivity contribution in [1.29, 1.82) is 0 Å². The Morgan fingerprint density at radius 1 is 1.26 bits per heavy atom. The second kappa shape index (κ2) is 8.70. The summed E-state index contributed by atoms with van der Waals surface area (Å²) in [7, 11) is 0. The van der Waals surface area contributed by atoms with Gasteiger partial charge in [0.2, 0.25) is 11.8 Å². The number of carbonyl (C=O) groups excluding carboxylic acids is 2. The molecule has 0 saturated carbocycles. The SMILES string of the molecule is CCCC(=O)NC[C@H]1CCCN(C(=O)Cc2ccc(C)cc2)C1. The molecule has 0 spiro atoms. The van der Waals surface area contributed by atoms with E-state index in [1.807, 2.05) is 43.0 Å². The first-order valence-corrected chi connectivity index (χ1v) is 8.68. The number of nitrogens with one attached hydrogen (secondary N) is 1. The van der Waals surface area contributed by atoms with Crippen LogP contribution in [0, 0.1) is 12.8 Å². The van der Waals surface area contributed by atoms with Gasteiger partial charge in [-0.3, -0.25) is 9.59 Å². The van der Waals surface area contributed by atoms with Gasteiger partial charge in [0, 0.05) is 26.1 Å². The number of hydrogen-bond donors (Lipinski definition) is 1. The number of carbonyl (C=O) groups is 2. The first-order chi connectivity index (χ1) is 11.1. The minimum absolute atomic E-state index is 0.121. The second-order valence-electron chi connectivity index (χ2n) is 6.56. The predicted molar refractivity (Wildman–Crippen MR) is 92.1 cm³/mol. The van der Waals surface area contributed by atoms with Crippen LogP contribution >= 0.6 is 0 Å². The van der Waals surface area contributed by atoms with Crippen molar-refractivity contribution in [3.05, 3.63) is 35.4 Å². The summed E-state index contributed by atoms with van der Waals surface area (Å²) in [6, 6.07) is 8.15. The molecule has 1 fully saturated rings. The summed E-state index contributed by atoms with van der Waals surface area (Å²) in [4.78, 5) is 26.0. The van der Waals surface area contributed by atoms with E-state index in [1.165, 1.54) is 5.56 Å². The Hall–Kier alpha value is -1.84. The molecule has 4 nitrogen and oxygen atoms in total. The maximum Gasteiger partial charge on any atom is 0.226 e. The molecule has 1 saturated heterocycles. The predicted octanol–water partition coefficient (Wildman–Crippen LogP) is 2.69. The molecule has 0 aliphatic carbocycles. The molecule has 0 radical (unpaired) electrons. The quantitative estimate of drug-likeness (QED) is 0.877. The third kappa shape index (κ3) is 5.70. The highest BCUT2D eigenvalue weighted by Crippen LogP contribution is 2.17. The smallest absolute Gasteiger partial charge is 0.226 e. The Kier molecular flexibility index (Phi) is 6.63. The maximum atomic E-state index is 12.5. The highest BCUT2D eigenvalue weighted by Gasteiger charge is 2.23. The zero-order valence-electron chi connectivity index (χ0n) is 14.3. The number of nitrogens with zero attached hydrogens (tertiary/aromatic N) is 1. The molecule has 2 amide bonds. The maximum absolute atomic E-state index is 12.5. The monoisotopic (exact) mass is 316 g/mol. The molecule has 23 heavy (non-hydrogen) atoms.